The van der Waals surface area contributed by atoms with Crippen LogP contribution in [0.4, 0.5) is 5.82 Å². The summed E-state index contributed by atoms with van der Waals surface area (Å²) >= 11 is 1.62. The third-order valence-electron chi connectivity index (χ3n) is 4.83. The van der Waals surface area contributed by atoms with Crippen LogP contribution in [0.3, 0.4) is 0 Å². The second-order valence-electron chi connectivity index (χ2n) is 7.09. The number of aliphatic carboxylic acids is 1. The number of aromatic nitrogens is 2. The number of benzene rings is 1. The Hall–Kier alpha value is -3.00. The summed E-state index contributed by atoms with van der Waals surface area (Å²) < 4.78 is 0. The van der Waals surface area contributed by atoms with Gasteiger partial charge in [0.2, 0.25) is 5.91 Å². The Morgan fingerprint density at radius 3 is 2.53 bits per heavy atom. The van der Waals surface area contributed by atoms with Crippen molar-refractivity contribution in [1.29, 1.82) is 0 Å². The summed E-state index contributed by atoms with van der Waals surface area (Å²) in [6.07, 6.45) is 2.62. The number of hydrogen-bond donors (Lipinski definition) is 1. The Morgan fingerprint density at radius 2 is 1.83 bits per heavy atom. The van der Waals surface area contributed by atoms with Crippen LogP contribution in [0.25, 0.3) is 20.7 Å². The third-order valence-corrected chi connectivity index (χ3v) is 5.92. The molecule has 0 aliphatic carbocycles. The van der Waals surface area contributed by atoms with E-state index in [9.17, 15) is 9.59 Å². The van der Waals surface area contributed by atoms with Crippen LogP contribution >= 0.6 is 11.3 Å². The van der Waals surface area contributed by atoms with Gasteiger partial charge in [-0.25, -0.2) is 9.97 Å². The number of nitrogens with zero attached hydrogens (tertiary/aromatic N) is 4. The maximum absolute atomic E-state index is 12.6. The Labute approximate surface area is 180 Å². The van der Waals surface area contributed by atoms with Gasteiger partial charge in [-0.05, 0) is 18.1 Å². The molecule has 7 nitrogen and oxygen atoms in total. The number of carboxylic acid groups (broad SMARTS) is 1. The molecule has 2 heterocycles. The van der Waals surface area contributed by atoms with Gasteiger partial charge in [0.15, 0.2) is 0 Å². The number of hydrogen-bond acceptors (Lipinski definition) is 6. The first kappa shape index (κ1) is 21.7. The van der Waals surface area contributed by atoms with Crippen LogP contribution in [-0.4, -0.2) is 58.5 Å². The van der Waals surface area contributed by atoms with E-state index in [0.29, 0.717) is 19.5 Å². The van der Waals surface area contributed by atoms with Crippen LogP contribution in [0.1, 0.15) is 26.2 Å². The summed E-state index contributed by atoms with van der Waals surface area (Å²) in [7, 11) is 1.91. The zero-order valence-corrected chi connectivity index (χ0v) is 18.1. The first-order valence-corrected chi connectivity index (χ1v) is 10.8. The van der Waals surface area contributed by atoms with E-state index in [0.717, 1.165) is 32.9 Å². The number of carboxylic acids is 1. The molecule has 0 fully saturated rings. The lowest BCUT2D eigenvalue weighted by molar-refractivity contribution is -0.138. The van der Waals surface area contributed by atoms with Crippen molar-refractivity contribution in [3.8, 4) is 10.4 Å². The molecule has 0 unspecified atom stereocenters. The molecule has 30 heavy (non-hydrogen) atoms. The Kier molecular flexibility index (Phi) is 7.35. The number of carbonyl (C=O) groups is 2. The molecule has 1 amide bonds. The molecule has 8 heteroatoms. The highest BCUT2D eigenvalue weighted by Crippen LogP contribution is 2.35. The maximum Gasteiger partial charge on any atom is 0.305 e. The lowest BCUT2D eigenvalue weighted by atomic mass is 10.2. The predicted molar refractivity (Wildman–Crippen MR) is 120 cm³/mol. The number of amides is 1. The molecule has 2 aromatic heterocycles. The molecular formula is C22H26N4O3S. The average Bonchev–Trinajstić information content (AvgIpc) is 3.19. The van der Waals surface area contributed by atoms with E-state index in [4.69, 9.17) is 5.11 Å². The quantitative estimate of drug-likeness (QED) is 0.529. The standard InChI is InChI=1S/C22H26N4O3S/c1-3-11-26(13-10-20(28)29)19(27)9-12-25(2)21-17-14-18(16-7-5-4-6-8-16)30-22(17)24-15-23-21/h4-8,14-15H,3,9-13H2,1-2H3,(H,28,29). The third kappa shape index (κ3) is 5.33. The monoisotopic (exact) mass is 426 g/mol. The maximum atomic E-state index is 12.6. The zero-order valence-electron chi connectivity index (χ0n) is 17.2. The number of carbonyl (C=O) groups excluding carboxylic acids is 1. The second kappa shape index (κ2) is 10.2. The van der Waals surface area contributed by atoms with Crippen LogP contribution < -0.4 is 4.90 Å². The van der Waals surface area contributed by atoms with Crippen molar-refractivity contribution in [3.05, 3.63) is 42.7 Å². The normalized spacial score (nSPS) is 10.9. The number of fused-ring (bicyclic) bond motifs is 1. The van der Waals surface area contributed by atoms with E-state index >= 15 is 0 Å². The van der Waals surface area contributed by atoms with E-state index in [1.54, 1.807) is 22.6 Å². The summed E-state index contributed by atoms with van der Waals surface area (Å²) in [5, 5.41) is 9.87. The fraction of sp³-hybridized carbons (Fsp3) is 0.364. The highest BCUT2D eigenvalue weighted by atomic mass is 32.1. The molecule has 1 N–H and O–H groups in total. The van der Waals surface area contributed by atoms with Crippen molar-refractivity contribution < 1.29 is 14.7 Å². The minimum atomic E-state index is -0.893. The second-order valence-corrected chi connectivity index (χ2v) is 8.12. The Bertz CT molecular complexity index is 1010. The van der Waals surface area contributed by atoms with E-state index < -0.39 is 5.97 Å². The number of rotatable bonds is 10. The molecule has 0 spiro atoms. The largest absolute Gasteiger partial charge is 0.481 e. The van der Waals surface area contributed by atoms with Crippen molar-refractivity contribution >= 4 is 39.2 Å². The Balaban J connectivity index is 1.71. The summed E-state index contributed by atoms with van der Waals surface area (Å²) in [4.78, 5) is 38.0. The van der Waals surface area contributed by atoms with E-state index in [1.165, 1.54) is 0 Å². The minimum Gasteiger partial charge on any atom is -0.481 e. The van der Waals surface area contributed by atoms with E-state index in [1.807, 2.05) is 37.1 Å². The van der Waals surface area contributed by atoms with Gasteiger partial charge in [0.1, 0.15) is 17.0 Å². The molecular weight excluding hydrogens is 400 g/mol. The van der Waals surface area contributed by atoms with E-state index in [-0.39, 0.29) is 18.9 Å². The first-order chi connectivity index (χ1) is 14.5. The highest BCUT2D eigenvalue weighted by Gasteiger charge is 2.17. The van der Waals surface area contributed by atoms with E-state index in [2.05, 4.69) is 28.2 Å². The topological polar surface area (TPSA) is 86.6 Å². The van der Waals surface area contributed by atoms with Gasteiger partial charge in [0, 0.05) is 38.0 Å². The molecule has 0 saturated carbocycles. The predicted octanol–water partition coefficient (Wildman–Crippen LogP) is 3.90. The van der Waals surface area contributed by atoms with Crippen molar-refractivity contribution in [3.63, 3.8) is 0 Å². The van der Waals surface area contributed by atoms with Gasteiger partial charge in [-0.15, -0.1) is 11.3 Å². The average molecular weight is 427 g/mol. The molecule has 158 valence electrons. The smallest absolute Gasteiger partial charge is 0.305 e. The first-order valence-electron chi connectivity index (χ1n) is 10.00. The van der Waals surface area contributed by atoms with Gasteiger partial charge >= 0.3 is 5.97 Å². The summed E-state index contributed by atoms with van der Waals surface area (Å²) in [5.41, 5.74) is 1.14. The van der Waals surface area contributed by atoms with Crippen LogP contribution in [0.2, 0.25) is 0 Å². The van der Waals surface area contributed by atoms with Crippen molar-refractivity contribution in [2.24, 2.45) is 0 Å². The van der Waals surface area contributed by atoms with Crippen molar-refractivity contribution in [1.82, 2.24) is 14.9 Å². The SMILES string of the molecule is CCCN(CCC(=O)O)C(=O)CCN(C)c1ncnc2sc(-c3ccccc3)cc12. The van der Waals surface area contributed by atoms with Crippen LogP contribution in [0.15, 0.2) is 42.7 Å². The summed E-state index contributed by atoms with van der Waals surface area (Å²) in [6, 6.07) is 12.2. The van der Waals surface area contributed by atoms with Crippen molar-refractivity contribution in [2.75, 3.05) is 31.6 Å². The fourth-order valence-corrected chi connectivity index (χ4v) is 4.28. The summed E-state index contributed by atoms with van der Waals surface area (Å²) in [6.45, 7) is 3.29. The van der Waals surface area contributed by atoms with Crippen LogP contribution in [-0.2, 0) is 9.59 Å². The molecule has 0 bridgehead atoms. The number of thiophene rings is 1. The molecule has 3 rings (SSSR count). The molecule has 0 aliphatic heterocycles. The van der Waals surface area contributed by atoms with Gasteiger partial charge in [0.25, 0.3) is 0 Å². The molecule has 1 aromatic carbocycles. The van der Waals surface area contributed by atoms with Gasteiger partial charge in [-0.2, -0.15) is 0 Å². The molecule has 3 aromatic rings. The van der Waals surface area contributed by atoms with Gasteiger partial charge in [-0.3, -0.25) is 9.59 Å². The minimum absolute atomic E-state index is 0.0364. The van der Waals surface area contributed by atoms with Crippen LogP contribution in [0.5, 0.6) is 0 Å². The lowest BCUT2D eigenvalue weighted by Gasteiger charge is -2.24. The Morgan fingerprint density at radius 1 is 1.07 bits per heavy atom. The molecule has 0 radical (unpaired) electrons. The fourth-order valence-electron chi connectivity index (χ4n) is 3.28. The highest BCUT2D eigenvalue weighted by molar-refractivity contribution is 7.21. The van der Waals surface area contributed by atoms with Crippen LogP contribution in [0, 0.1) is 0 Å². The molecule has 0 atom stereocenters. The van der Waals surface area contributed by atoms with Gasteiger partial charge < -0.3 is 14.9 Å². The lowest BCUT2D eigenvalue weighted by Crippen LogP contribution is -2.36. The van der Waals surface area contributed by atoms with Gasteiger partial charge in [0.05, 0.1) is 11.8 Å². The summed E-state index contributed by atoms with van der Waals surface area (Å²) in [5.74, 6) is -0.138. The molecule has 0 aliphatic rings. The van der Waals surface area contributed by atoms with Crippen molar-refractivity contribution in [2.45, 2.75) is 26.2 Å². The molecule has 0 saturated heterocycles. The zero-order chi connectivity index (χ0) is 21.5. The van der Waals surface area contributed by atoms with Gasteiger partial charge in [-0.1, -0.05) is 37.3 Å². The number of anilines is 1.